The number of nitrogens with zero attached hydrogens (tertiary/aromatic N) is 2. The van der Waals surface area contributed by atoms with Crippen molar-refractivity contribution in [3.05, 3.63) is 109 Å². The van der Waals surface area contributed by atoms with Crippen molar-refractivity contribution >= 4 is 27.5 Å². The summed E-state index contributed by atoms with van der Waals surface area (Å²) in [5.74, 6) is -1.30. The average Bonchev–Trinajstić information content (AvgIpc) is 3.24. The number of aromatic amines is 1. The Bertz CT molecular complexity index is 1440. The van der Waals surface area contributed by atoms with Gasteiger partial charge in [-0.1, -0.05) is 51.8 Å². The summed E-state index contributed by atoms with van der Waals surface area (Å²) in [5, 5.41) is 6.87. The van der Waals surface area contributed by atoms with Crippen molar-refractivity contribution in [1.29, 1.82) is 0 Å². The number of rotatable bonds is 7. The number of benzene rings is 3. The van der Waals surface area contributed by atoms with Gasteiger partial charge in [0, 0.05) is 34.1 Å². The lowest BCUT2D eigenvalue weighted by Gasteiger charge is -2.50. The number of H-pyrrole nitrogens is 1. The molecule has 37 heavy (non-hydrogen) atoms. The van der Waals surface area contributed by atoms with Crippen LogP contribution in [0.1, 0.15) is 42.5 Å². The first-order chi connectivity index (χ1) is 17.6. The Hall–Kier alpha value is -2.81. The fourth-order valence-corrected chi connectivity index (χ4v) is 6.02. The summed E-state index contributed by atoms with van der Waals surface area (Å²) in [7, 11) is 0. The molecule has 2 atom stereocenters. The van der Waals surface area contributed by atoms with Gasteiger partial charge < -0.3 is 4.42 Å². The van der Waals surface area contributed by atoms with Gasteiger partial charge >= 0.3 is 5.76 Å². The largest absolute Gasteiger partial charge is 0.434 e. The molecule has 0 spiro atoms. The third kappa shape index (κ3) is 5.56. The molecule has 0 radical (unpaired) electrons. The highest BCUT2D eigenvalue weighted by Crippen LogP contribution is 2.46. The second-order valence-corrected chi connectivity index (χ2v) is 11.3. The molecule has 9 heteroatoms. The third-order valence-electron chi connectivity index (χ3n) is 6.83. The average molecular weight is 589 g/mol. The molecule has 1 N–H and O–H groups in total. The zero-order valence-corrected chi connectivity index (χ0v) is 22.6. The monoisotopic (exact) mass is 587 g/mol. The van der Waals surface area contributed by atoms with Crippen molar-refractivity contribution in [3.8, 4) is 11.5 Å². The first kappa shape index (κ1) is 25.8. The van der Waals surface area contributed by atoms with Crippen molar-refractivity contribution in [3.63, 3.8) is 0 Å². The Morgan fingerprint density at radius 3 is 2.43 bits per heavy atom. The Morgan fingerprint density at radius 1 is 1.08 bits per heavy atom. The van der Waals surface area contributed by atoms with E-state index in [0.29, 0.717) is 33.7 Å². The number of nitrogens with one attached hydrogen (secondary N) is 1. The van der Waals surface area contributed by atoms with Crippen LogP contribution >= 0.6 is 27.5 Å². The molecule has 1 aromatic heterocycles. The van der Waals surface area contributed by atoms with Crippen LogP contribution in [0.3, 0.4) is 0 Å². The van der Waals surface area contributed by atoms with E-state index in [1.165, 1.54) is 12.1 Å². The van der Waals surface area contributed by atoms with E-state index >= 15 is 4.39 Å². The minimum absolute atomic E-state index is 0.0176. The maximum Gasteiger partial charge on any atom is 0.434 e. The molecule has 1 fully saturated rings. The molecule has 1 aliphatic rings. The predicted octanol–water partition coefficient (Wildman–Crippen LogP) is 7.14. The Morgan fingerprint density at radius 2 is 1.81 bits per heavy atom. The zero-order valence-electron chi connectivity index (χ0n) is 20.2. The highest BCUT2D eigenvalue weighted by molar-refractivity contribution is 9.10. The van der Waals surface area contributed by atoms with Crippen LogP contribution in [0, 0.1) is 11.7 Å². The summed E-state index contributed by atoms with van der Waals surface area (Å²) in [6.07, 6.45) is 0. The number of hydrogen-bond donors (Lipinski definition) is 1. The minimum Gasteiger partial charge on any atom is -0.388 e. The Balaban J connectivity index is 1.48. The van der Waals surface area contributed by atoms with Gasteiger partial charge in [0.25, 0.3) is 0 Å². The molecule has 3 aromatic carbocycles. The molecule has 2 unspecified atom stereocenters. The van der Waals surface area contributed by atoms with Gasteiger partial charge in [0.05, 0.1) is 6.04 Å². The minimum atomic E-state index is -1.54. The maximum atomic E-state index is 15.5. The van der Waals surface area contributed by atoms with Crippen LogP contribution in [0.25, 0.3) is 11.5 Å². The van der Waals surface area contributed by atoms with Gasteiger partial charge in [0.2, 0.25) is 5.89 Å². The predicted molar refractivity (Wildman–Crippen MR) is 143 cm³/mol. The van der Waals surface area contributed by atoms with E-state index in [-0.39, 0.29) is 17.9 Å². The molecule has 0 amide bonds. The summed E-state index contributed by atoms with van der Waals surface area (Å²) in [6, 6.07) is 19.7. The van der Waals surface area contributed by atoms with Crippen LogP contribution in [-0.4, -0.2) is 33.9 Å². The molecule has 5 nitrogen and oxygen atoms in total. The standard InChI is InChI=1S/C28H25BrClF2N3O2/c1-28(2,32)24(19-11-21(29)13-23(31)12-19)20-14-35(15-20)25(16-6-8-22(30)9-7-16)17-4-3-5-18(10-17)26-33-34-27(36)37-26/h3-13,20,24-25H,14-15H2,1-2H3,(H,34,36). The van der Waals surface area contributed by atoms with Gasteiger partial charge in [-0.3, -0.25) is 4.90 Å². The molecule has 1 saturated heterocycles. The van der Waals surface area contributed by atoms with E-state index < -0.39 is 23.2 Å². The van der Waals surface area contributed by atoms with E-state index in [1.54, 1.807) is 19.9 Å². The number of aromatic nitrogens is 2. The zero-order chi connectivity index (χ0) is 26.3. The number of alkyl halides is 1. The van der Waals surface area contributed by atoms with Gasteiger partial charge in [0.1, 0.15) is 11.5 Å². The van der Waals surface area contributed by atoms with Gasteiger partial charge in [-0.25, -0.2) is 18.7 Å². The van der Waals surface area contributed by atoms with Crippen LogP contribution in [0.5, 0.6) is 0 Å². The fourth-order valence-electron chi connectivity index (χ4n) is 5.41. The van der Waals surface area contributed by atoms with Gasteiger partial charge in [0.15, 0.2) is 0 Å². The summed E-state index contributed by atoms with van der Waals surface area (Å²) in [5.41, 5.74) is 1.75. The lowest BCUT2D eigenvalue weighted by Crippen LogP contribution is -2.53. The van der Waals surface area contributed by atoms with Crippen molar-refractivity contribution < 1.29 is 13.2 Å². The summed E-state index contributed by atoms with van der Waals surface area (Å²) in [6.45, 7) is 4.33. The van der Waals surface area contributed by atoms with Crippen molar-refractivity contribution in [2.75, 3.05) is 13.1 Å². The van der Waals surface area contributed by atoms with Gasteiger partial charge in [-0.2, -0.15) is 0 Å². The summed E-state index contributed by atoms with van der Waals surface area (Å²) < 4.78 is 35.5. The lowest BCUT2D eigenvalue weighted by atomic mass is 9.72. The molecule has 0 aliphatic carbocycles. The summed E-state index contributed by atoms with van der Waals surface area (Å²) >= 11 is 9.51. The highest BCUT2D eigenvalue weighted by atomic mass is 79.9. The second-order valence-electron chi connectivity index (χ2n) is 9.96. The van der Waals surface area contributed by atoms with Crippen LogP contribution < -0.4 is 5.76 Å². The van der Waals surface area contributed by atoms with Crippen molar-refractivity contribution in [2.45, 2.75) is 31.5 Å². The van der Waals surface area contributed by atoms with E-state index in [4.69, 9.17) is 16.0 Å². The molecule has 192 valence electrons. The molecule has 4 aromatic rings. The van der Waals surface area contributed by atoms with Gasteiger partial charge in [-0.05, 0) is 78.9 Å². The van der Waals surface area contributed by atoms with E-state index in [9.17, 15) is 9.18 Å². The number of hydrogen-bond acceptors (Lipinski definition) is 4. The molecule has 2 heterocycles. The quantitative estimate of drug-likeness (QED) is 0.249. The molecular weight excluding hydrogens is 564 g/mol. The maximum absolute atomic E-state index is 15.5. The summed E-state index contributed by atoms with van der Waals surface area (Å²) in [4.78, 5) is 13.7. The highest BCUT2D eigenvalue weighted by Gasteiger charge is 2.45. The van der Waals surface area contributed by atoms with E-state index in [0.717, 1.165) is 11.1 Å². The van der Waals surface area contributed by atoms with Crippen molar-refractivity contribution in [1.82, 2.24) is 15.1 Å². The molecule has 5 rings (SSSR count). The van der Waals surface area contributed by atoms with Crippen LogP contribution in [0.2, 0.25) is 5.02 Å². The smallest absolute Gasteiger partial charge is 0.388 e. The lowest BCUT2D eigenvalue weighted by molar-refractivity contribution is 0.00812. The van der Waals surface area contributed by atoms with Crippen molar-refractivity contribution in [2.24, 2.45) is 5.92 Å². The molecule has 1 aliphatic heterocycles. The molecule has 0 saturated carbocycles. The normalized spacial score (nSPS) is 16.4. The fraction of sp³-hybridized carbons (Fsp3) is 0.286. The number of halogens is 4. The van der Waals surface area contributed by atoms with Gasteiger partial charge in [-0.15, -0.1) is 5.10 Å². The second kappa shape index (κ2) is 10.2. The molecule has 0 bridgehead atoms. The first-order valence-electron chi connectivity index (χ1n) is 11.9. The van der Waals surface area contributed by atoms with E-state index in [2.05, 4.69) is 31.0 Å². The van der Waals surface area contributed by atoms with Crippen LogP contribution in [0.4, 0.5) is 8.78 Å². The van der Waals surface area contributed by atoms with Crippen LogP contribution in [-0.2, 0) is 0 Å². The Kier molecular flexibility index (Phi) is 7.09. The molecular formula is C28H25BrClF2N3O2. The van der Waals surface area contributed by atoms with E-state index in [1.807, 2.05) is 48.5 Å². The number of likely N-dealkylation sites (tertiary alicyclic amines) is 1. The first-order valence-corrected chi connectivity index (χ1v) is 13.1. The van der Waals surface area contributed by atoms with Crippen LogP contribution in [0.15, 0.2) is 80.4 Å². The SMILES string of the molecule is CC(C)(F)C(c1cc(F)cc(Br)c1)C1CN(C(c2ccc(Cl)cc2)c2cccc(-c3n[nH]c(=O)o3)c2)C1. The Labute approximate surface area is 226 Å². The topological polar surface area (TPSA) is 62.1 Å². The third-order valence-corrected chi connectivity index (χ3v) is 7.54.